The monoisotopic (exact) mass is 487 g/mol. The van der Waals surface area contributed by atoms with E-state index in [1.807, 2.05) is 50.2 Å². The minimum atomic E-state index is -0.185. The fourth-order valence-corrected chi connectivity index (χ4v) is 5.27. The lowest BCUT2D eigenvalue weighted by molar-refractivity contribution is 0.271. The number of nitrogens with one attached hydrogen (secondary N) is 2. The molecule has 1 saturated heterocycles. The van der Waals surface area contributed by atoms with Crippen molar-refractivity contribution in [1.29, 1.82) is 0 Å². The molecule has 2 aromatic carbocycles. The zero-order valence-corrected chi connectivity index (χ0v) is 20.9. The number of ether oxygens (including phenoxy) is 1. The van der Waals surface area contributed by atoms with Crippen LogP contribution in [0.3, 0.4) is 0 Å². The van der Waals surface area contributed by atoms with Crippen molar-refractivity contribution in [2.75, 3.05) is 13.2 Å². The van der Waals surface area contributed by atoms with Crippen molar-refractivity contribution in [2.45, 2.75) is 45.6 Å². The van der Waals surface area contributed by atoms with Gasteiger partial charge >= 0.3 is 0 Å². The number of H-pyrrole nitrogens is 1. The number of piperidine rings is 1. The van der Waals surface area contributed by atoms with E-state index >= 15 is 0 Å². The molecule has 2 N–H and O–H groups in total. The summed E-state index contributed by atoms with van der Waals surface area (Å²) in [6.07, 6.45) is 6.26. The minimum absolute atomic E-state index is 0.185. The van der Waals surface area contributed by atoms with Gasteiger partial charge in [0, 0.05) is 23.2 Å². The number of rotatable bonds is 6. The van der Waals surface area contributed by atoms with Crippen LogP contribution in [0.4, 0.5) is 0 Å². The molecular formula is C29H30ClN3O2. The number of aromatic amines is 1. The molecule has 1 atom stereocenters. The van der Waals surface area contributed by atoms with E-state index < -0.39 is 0 Å². The third-order valence-electron chi connectivity index (χ3n) is 6.63. The second kappa shape index (κ2) is 10.2. The number of hydrogen-bond acceptors (Lipinski definition) is 4. The molecule has 5 rings (SSSR count). The van der Waals surface area contributed by atoms with Crippen molar-refractivity contribution in [3.8, 4) is 28.1 Å². The maximum atomic E-state index is 13.4. The van der Waals surface area contributed by atoms with Crippen LogP contribution in [0.15, 0.2) is 59.5 Å². The molecular weight excluding hydrogens is 458 g/mol. The molecule has 180 valence electrons. The first-order valence-electron chi connectivity index (χ1n) is 12.3. The Balaban J connectivity index is 1.66. The van der Waals surface area contributed by atoms with Crippen LogP contribution in [0.25, 0.3) is 33.3 Å². The van der Waals surface area contributed by atoms with Crippen LogP contribution >= 0.6 is 11.6 Å². The van der Waals surface area contributed by atoms with Crippen LogP contribution in [-0.2, 0) is 0 Å². The summed E-state index contributed by atoms with van der Waals surface area (Å²) in [5.41, 5.74) is 5.65. The first-order valence-corrected chi connectivity index (χ1v) is 12.6. The van der Waals surface area contributed by atoms with Gasteiger partial charge in [0.1, 0.15) is 5.75 Å². The first kappa shape index (κ1) is 23.6. The van der Waals surface area contributed by atoms with E-state index in [0.29, 0.717) is 34.5 Å². The zero-order chi connectivity index (χ0) is 24.4. The van der Waals surface area contributed by atoms with E-state index in [2.05, 4.69) is 21.4 Å². The van der Waals surface area contributed by atoms with Crippen LogP contribution in [0.5, 0.6) is 5.75 Å². The first-order chi connectivity index (χ1) is 17.0. The molecule has 6 heteroatoms. The number of aromatic nitrogens is 2. The molecule has 0 bridgehead atoms. The molecule has 1 aliphatic heterocycles. The highest BCUT2D eigenvalue weighted by atomic mass is 35.5. The molecule has 2 aromatic heterocycles. The molecule has 1 unspecified atom stereocenters. The van der Waals surface area contributed by atoms with Crippen molar-refractivity contribution in [2.24, 2.45) is 0 Å². The van der Waals surface area contributed by atoms with E-state index in [9.17, 15) is 4.79 Å². The molecule has 0 saturated carbocycles. The minimum Gasteiger partial charge on any atom is -0.492 e. The maximum absolute atomic E-state index is 13.4. The van der Waals surface area contributed by atoms with Crippen molar-refractivity contribution in [3.05, 3.63) is 81.2 Å². The molecule has 0 aliphatic carbocycles. The predicted octanol–water partition coefficient (Wildman–Crippen LogP) is 6.44. The van der Waals surface area contributed by atoms with Gasteiger partial charge in [-0.15, -0.1) is 0 Å². The van der Waals surface area contributed by atoms with Gasteiger partial charge < -0.3 is 15.0 Å². The Hall–Kier alpha value is -3.15. The normalized spacial score (nSPS) is 15.9. The van der Waals surface area contributed by atoms with Crippen LogP contribution in [0.1, 0.15) is 36.8 Å². The highest BCUT2D eigenvalue weighted by Gasteiger charge is 2.20. The number of fused-ring (bicyclic) bond motifs is 1. The molecule has 1 fully saturated rings. The smallest absolute Gasteiger partial charge is 0.260 e. The van der Waals surface area contributed by atoms with Crippen LogP contribution in [0, 0.1) is 13.8 Å². The topological polar surface area (TPSA) is 67.0 Å². The van der Waals surface area contributed by atoms with E-state index in [0.717, 1.165) is 52.7 Å². The highest BCUT2D eigenvalue weighted by molar-refractivity contribution is 6.34. The second-order valence-electron chi connectivity index (χ2n) is 9.41. The summed E-state index contributed by atoms with van der Waals surface area (Å²) in [7, 11) is 0. The predicted molar refractivity (Wildman–Crippen MR) is 143 cm³/mol. The Morgan fingerprint density at radius 3 is 2.63 bits per heavy atom. The summed E-state index contributed by atoms with van der Waals surface area (Å²) in [6, 6.07) is 16.1. The fourth-order valence-electron chi connectivity index (χ4n) is 5.01. The van der Waals surface area contributed by atoms with Gasteiger partial charge in [-0.1, -0.05) is 53.4 Å². The largest absolute Gasteiger partial charge is 0.492 e. The Labute approximate surface area is 210 Å². The summed E-state index contributed by atoms with van der Waals surface area (Å²) in [6.45, 7) is 5.66. The van der Waals surface area contributed by atoms with Crippen molar-refractivity contribution in [1.82, 2.24) is 15.3 Å². The van der Waals surface area contributed by atoms with Gasteiger partial charge in [-0.25, -0.2) is 0 Å². The number of aryl methyl sites for hydroxylation is 2. The summed E-state index contributed by atoms with van der Waals surface area (Å²) >= 11 is 6.64. The van der Waals surface area contributed by atoms with Crippen LogP contribution in [0.2, 0.25) is 5.02 Å². The number of hydrogen-bond donors (Lipinski definition) is 2. The number of pyridine rings is 2. The van der Waals surface area contributed by atoms with E-state index in [1.54, 1.807) is 12.3 Å². The molecule has 3 heterocycles. The highest BCUT2D eigenvalue weighted by Crippen LogP contribution is 2.38. The quantitative estimate of drug-likeness (QED) is 0.328. The summed E-state index contributed by atoms with van der Waals surface area (Å²) < 4.78 is 6.48. The number of nitrogens with zero attached hydrogens (tertiary/aromatic N) is 1. The molecule has 0 amide bonds. The average molecular weight is 488 g/mol. The van der Waals surface area contributed by atoms with Gasteiger partial charge in [0.25, 0.3) is 5.56 Å². The lowest BCUT2D eigenvalue weighted by Gasteiger charge is -2.24. The van der Waals surface area contributed by atoms with Gasteiger partial charge in [-0.2, -0.15) is 0 Å². The fraction of sp³-hybridized carbons (Fsp3) is 0.310. The molecule has 0 spiro atoms. The summed E-state index contributed by atoms with van der Waals surface area (Å²) in [4.78, 5) is 20.9. The van der Waals surface area contributed by atoms with Crippen molar-refractivity contribution < 1.29 is 4.74 Å². The Morgan fingerprint density at radius 1 is 1.09 bits per heavy atom. The summed E-state index contributed by atoms with van der Waals surface area (Å²) in [5.74, 6) is 0.596. The molecule has 35 heavy (non-hydrogen) atoms. The van der Waals surface area contributed by atoms with Gasteiger partial charge in [0.05, 0.1) is 28.4 Å². The molecule has 1 aliphatic rings. The molecule has 0 radical (unpaired) electrons. The van der Waals surface area contributed by atoms with Crippen molar-refractivity contribution >= 4 is 22.5 Å². The molecule has 4 aromatic rings. The van der Waals surface area contributed by atoms with Crippen LogP contribution < -0.4 is 15.6 Å². The lowest BCUT2D eigenvalue weighted by atomic mass is 9.98. The standard InChI is InChI=1S/C29H30ClN3O2/c1-18-13-19(2)15-20(14-18)27-28(35-12-9-21-7-3-5-10-31-21)23-16-22(25-8-4-6-11-32-25)24(30)17-26(23)33-29(27)34/h4,6,8,11,13-17,21,31H,3,5,7,9-10,12H2,1-2H3,(H,33,34). The Morgan fingerprint density at radius 2 is 1.91 bits per heavy atom. The van der Waals surface area contributed by atoms with Gasteiger partial charge in [0.2, 0.25) is 0 Å². The van der Waals surface area contributed by atoms with E-state index in [-0.39, 0.29) is 5.56 Å². The third-order valence-corrected chi connectivity index (χ3v) is 6.94. The number of halogens is 1. The number of benzene rings is 2. The average Bonchev–Trinajstić information content (AvgIpc) is 2.84. The third kappa shape index (κ3) is 5.12. The van der Waals surface area contributed by atoms with Gasteiger partial charge in [-0.05, 0) is 69.5 Å². The maximum Gasteiger partial charge on any atom is 0.260 e. The van der Waals surface area contributed by atoms with Crippen molar-refractivity contribution in [3.63, 3.8) is 0 Å². The van der Waals surface area contributed by atoms with E-state index in [4.69, 9.17) is 16.3 Å². The molecule has 5 nitrogen and oxygen atoms in total. The Kier molecular flexibility index (Phi) is 6.89. The van der Waals surface area contributed by atoms with Crippen LogP contribution in [-0.4, -0.2) is 29.2 Å². The zero-order valence-electron chi connectivity index (χ0n) is 20.2. The summed E-state index contributed by atoms with van der Waals surface area (Å²) in [5, 5.41) is 4.93. The van der Waals surface area contributed by atoms with Gasteiger partial charge in [-0.3, -0.25) is 9.78 Å². The second-order valence-corrected chi connectivity index (χ2v) is 9.82. The van der Waals surface area contributed by atoms with Gasteiger partial charge in [0.15, 0.2) is 0 Å². The SMILES string of the molecule is Cc1cc(C)cc(-c2c(OCCC3CCCCN3)c3cc(-c4ccccn4)c(Cl)cc3[nH]c2=O)c1. The van der Waals surface area contributed by atoms with E-state index in [1.165, 1.54) is 12.8 Å². The Bertz CT molecular complexity index is 1390. The lowest BCUT2D eigenvalue weighted by Crippen LogP contribution is -2.35.